The normalized spacial score (nSPS) is 12.5. The van der Waals surface area contributed by atoms with Crippen LogP contribution in [0, 0.1) is 5.92 Å². The van der Waals surface area contributed by atoms with Crippen LogP contribution in [-0.2, 0) is 0 Å². The lowest BCUT2D eigenvalue weighted by Gasteiger charge is -2.19. The van der Waals surface area contributed by atoms with Crippen molar-refractivity contribution in [1.82, 2.24) is 5.32 Å². The SMILES string of the molecule is CC(C)CC(CN)NC(=O)c1cc(Br)ccc1O. The van der Waals surface area contributed by atoms with Crippen LogP contribution in [0.25, 0.3) is 0 Å². The second-order valence-electron chi connectivity index (χ2n) is 4.70. The van der Waals surface area contributed by atoms with Gasteiger partial charge in [-0.05, 0) is 30.5 Å². The maximum absolute atomic E-state index is 12.0. The Bertz CT molecular complexity index is 421. The maximum Gasteiger partial charge on any atom is 0.255 e. The van der Waals surface area contributed by atoms with E-state index >= 15 is 0 Å². The third kappa shape index (κ3) is 4.31. The number of amides is 1. The minimum absolute atomic E-state index is 0.0315. The number of hydrogen-bond acceptors (Lipinski definition) is 3. The topological polar surface area (TPSA) is 75.3 Å². The van der Waals surface area contributed by atoms with E-state index in [-0.39, 0.29) is 23.3 Å². The van der Waals surface area contributed by atoms with Crippen molar-refractivity contribution in [3.63, 3.8) is 0 Å². The lowest BCUT2D eigenvalue weighted by molar-refractivity contribution is 0.0931. The van der Waals surface area contributed by atoms with Gasteiger partial charge in [-0.2, -0.15) is 0 Å². The summed E-state index contributed by atoms with van der Waals surface area (Å²) >= 11 is 3.27. The summed E-state index contributed by atoms with van der Waals surface area (Å²) in [6.07, 6.45) is 0.816. The predicted molar refractivity (Wildman–Crippen MR) is 75.6 cm³/mol. The van der Waals surface area contributed by atoms with Crippen LogP contribution < -0.4 is 11.1 Å². The molecule has 5 heteroatoms. The number of benzene rings is 1. The highest BCUT2D eigenvalue weighted by atomic mass is 79.9. The number of phenolic OH excluding ortho intramolecular Hbond substituents is 1. The Kier molecular flexibility index (Phi) is 5.62. The zero-order valence-electron chi connectivity index (χ0n) is 10.6. The van der Waals surface area contributed by atoms with Gasteiger partial charge in [-0.3, -0.25) is 4.79 Å². The standard InChI is InChI=1S/C13H19BrN2O2/c1-8(2)5-10(7-15)16-13(18)11-6-9(14)3-4-12(11)17/h3-4,6,8,10,17H,5,7,15H2,1-2H3,(H,16,18). The number of carbonyl (C=O) groups excluding carboxylic acids is 1. The molecule has 0 radical (unpaired) electrons. The molecule has 0 spiro atoms. The summed E-state index contributed by atoms with van der Waals surface area (Å²) < 4.78 is 0.749. The quantitative estimate of drug-likeness (QED) is 0.780. The molecule has 0 heterocycles. The molecule has 0 bridgehead atoms. The number of hydrogen-bond donors (Lipinski definition) is 3. The van der Waals surface area contributed by atoms with E-state index in [2.05, 4.69) is 35.1 Å². The minimum Gasteiger partial charge on any atom is -0.507 e. The average molecular weight is 315 g/mol. The minimum atomic E-state index is -0.301. The van der Waals surface area contributed by atoms with Crippen LogP contribution in [0.4, 0.5) is 0 Å². The van der Waals surface area contributed by atoms with Crippen LogP contribution in [0.1, 0.15) is 30.6 Å². The van der Waals surface area contributed by atoms with Gasteiger partial charge in [0.25, 0.3) is 5.91 Å². The second-order valence-corrected chi connectivity index (χ2v) is 5.61. The van der Waals surface area contributed by atoms with Gasteiger partial charge in [-0.25, -0.2) is 0 Å². The van der Waals surface area contributed by atoms with Crippen molar-refractivity contribution < 1.29 is 9.90 Å². The van der Waals surface area contributed by atoms with Crippen molar-refractivity contribution in [2.24, 2.45) is 11.7 Å². The van der Waals surface area contributed by atoms with Crippen LogP contribution in [0.15, 0.2) is 22.7 Å². The van der Waals surface area contributed by atoms with Crippen molar-refractivity contribution in [3.8, 4) is 5.75 Å². The molecule has 0 aliphatic carbocycles. The first-order chi connectivity index (χ1) is 8.43. The van der Waals surface area contributed by atoms with Gasteiger partial charge >= 0.3 is 0 Å². The molecule has 4 nitrogen and oxygen atoms in total. The summed E-state index contributed by atoms with van der Waals surface area (Å²) in [6, 6.07) is 4.68. The van der Waals surface area contributed by atoms with Gasteiger partial charge < -0.3 is 16.2 Å². The summed E-state index contributed by atoms with van der Waals surface area (Å²) in [4.78, 5) is 12.0. The molecule has 1 aromatic carbocycles. The highest BCUT2D eigenvalue weighted by Gasteiger charge is 2.16. The zero-order chi connectivity index (χ0) is 13.7. The first kappa shape index (κ1) is 15.0. The largest absolute Gasteiger partial charge is 0.507 e. The number of halogens is 1. The molecule has 100 valence electrons. The molecule has 1 rings (SSSR count). The van der Waals surface area contributed by atoms with Gasteiger partial charge in [0, 0.05) is 17.1 Å². The molecule has 0 saturated carbocycles. The van der Waals surface area contributed by atoms with Gasteiger partial charge in [0.15, 0.2) is 0 Å². The third-order valence-electron chi connectivity index (χ3n) is 2.58. The molecule has 1 unspecified atom stereocenters. The molecule has 4 N–H and O–H groups in total. The highest BCUT2D eigenvalue weighted by molar-refractivity contribution is 9.10. The predicted octanol–water partition coefficient (Wildman–Crippen LogP) is 2.26. The smallest absolute Gasteiger partial charge is 0.255 e. The Morgan fingerprint density at radius 2 is 2.17 bits per heavy atom. The summed E-state index contributed by atoms with van der Waals surface area (Å²) in [5.74, 6) is 0.121. The maximum atomic E-state index is 12.0. The molecule has 0 aromatic heterocycles. The summed E-state index contributed by atoms with van der Waals surface area (Å²) in [5.41, 5.74) is 5.88. The van der Waals surface area contributed by atoms with E-state index in [4.69, 9.17) is 5.73 Å². The molecule has 0 aliphatic rings. The van der Waals surface area contributed by atoms with Crippen LogP contribution in [-0.4, -0.2) is 23.6 Å². The van der Waals surface area contributed by atoms with Crippen molar-refractivity contribution in [3.05, 3.63) is 28.2 Å². The van der Waals surface area contributed by atoms with Crippen molar-refractivity contribution in [1.29, 1.82) is 0 Å². The van der Waals surface area contributed by atoms with Crippen LogP contribution in [0.3, 0.4) is 0 Å². The molecule has 18 heavy (non-hydrogen) atoms. The lowest BCUT2D eigenvalue weighted by Crippen LogP contribution is -2.41. The van der Waals surface area contributed by atoms with E-state index in [1.807, 2.05) is 0 Å². The monoisotopic (exact) mass is 314 g/mol. The van der Waals surface area contributed by atoms with Crippen molar-refractivity contribution >= 4 is 21.8 Å². The Hall–Kier alpha value is -1.07. The number of phenols is 1. The number of nitrogens with one attached hydrogen (secondary N) is 1. The van der Waals surface area contributed by atoms with Crippen LogP contribution in [0.2, 0.25) is 0 Å². The Labute approximate surface area is 116 Å². The third-order valence-corrected chi connectivity index (χ3v) is 3.07. The molecular weight excluding hydrogens is 296 g/mol. The molecule has 1 atom stereocenters. The van der Waals surface area contributed by atoms with Gasteiger partial charge in [-0.15, -0.1) is 0 Å². The second kappa shape index (κ2) is 6.75. The number of rotatable bonds is 5. The molecule has 0 aliphatic heterocycles. The zero-order valence-corrected chi connectivity index (χ0v) is 12.2. The Morgan fingerprint density at radius 3 is 2.72 bits per heavy atom. The summed E-state index contributed by atoms with van der Waals surface area (Å²) in [7, 11) is 0. The van der Waals surface area contributed by atoms with E-state index in [0.29, 0.717) is 12.5 Å². The van der Waals surface area contributed by atoms with Gasteiger partial charge in [0.1, 0.15) is 5.75 Å². The Balaban J connectivity index is 2.77. The Morgan fingerprint density at radius 1 is 1.50 bits per heavy atom. The number of nitrogens with two attached hydrogens (primary N) is 1. The van der Waals surface area contributed by atoms with E-state index < -0.39 is 0 Å². The van der Waals surface area contributed by atoms with Crippen LogP contribution in [0.5, 0.6) is 5.75 Å². The molecular formula is C13H19BrN2O2. The molecule has 1 amide bonds. The molecule has 0 fully saturated rings. The van der Waals surface area contributed by atoms with Gasteiger partial charge in [0.2, 0.25) is 0 Å². The molecule has 0 saturated heterocycles. The summed E-state index contributed by atoms with van der Waals surface area (Å²) in [5, 5.41) is 12.5. The van der Waals surface area contributed by atoms with E-state index in [1.54, 1.807) is 12.1 Å². The first-order valence-corrected chi connectivity index (χ1v) is 6.72. The number of carbonyl (C=O) groups is 1. The van der Waals surface area contributed by atoms with Crippen molar-refractivity contribution in [2.45, 2.75) is 26.3 Å². The first-order valence-electron chi connectivity index (χ1n) is 5.93. The average Bonchev–Trinajstić information content (AvgIpc) is 2.30. The number of aromatic hydroxyl groups is 1. The van der Waals surface area contributed by atoms with Crippen LogP contribution >= 0.6 is 15.9 Å². The van der Waals surface area contributed by atoms with Crippen molar-refractivity contribution in [2.75, 3.05) is 6.54 Å². The van der Waals surface area contributed by atoms with E-state index in [9.17, 15) is 9.90 Å². The fourth-order valence-electron chi connectivity index (χ4n) is 1.74. The fourth-order valence-corrected chi connectivity index (χ4v) is 2.10. The van der Waals surface area contributed by atoms with E-state index in [0.717, 1.165) is 10.9 Å². The highest BCUT2D eigenvalue weighted by Crippen LogP contribution is 2.21. The summed E-state index contributed by atoms with van der Waals surface area (Å²) in [6.45, 7) is 4.54. The van der Waals surface area contributed by atoms with E-state index in [1.165, 1.54) is 6.07 Å². The fraction of sp³-hybridized carbons (Fsp3) is 0.462. The lowest BCUT2D eigenvalue weighted by atomic mass is 10.0. The van der Waals surface area contributed by atoms with Gasteiger partial charge in [-0.1, -0.05) is 29.8 Å². The van der Waals surface area contributed by atoms with Gasteiger partial charge in [0.05, 0.1) is 5.56 Å². The molecule has 1 aromatic rings.